The molecular weight excluding hydrogens is 344 g/mol. The van der Waals surface area contributed by atoms with Crippen molar-refractivity contribution in [2.45, 2.75) is 29.8 Å². The molecule has 0 unspecified atom stereocenters. The number of nitrogens with zero attached hydrogens (tertiary/aromatic N) is 2. The summed E-state index contributed by atoms with van der Waals surface area (Å²) in [6.45, 7) is 1.54. The van der Waals surface area contributed by atoms with E-state index in [9.17, 15) is 4.79 Å². The number of carbonyl (C=O) groups excluding carboxylic acids is 1. The second-order valence-corrected chi connectivity index (χ2v) is 7.79. The number of benzene rings is 1. The first-order valence-corrected chi connectivity index (χ1v) is 10.0. The SMILES string of the molecule is O=C(CSc1ccncc1)N1CCC[C@]2(C=Cc3ccccc3O2)CC1. The van der Waals surface area contributed by atoms with E-state index in [-0.39, 0.29) is 11.5 Å². The van der Waals surface area contributed by atoms with Crippen LogP contribution in [0.1, 0.15) is 24.8 Å². The van der Waals surface area contributed by atoms with Crippen LogP contribution in [0, 0.1) is 0 Å². The van der Waals surface area contributed by atoms with Crippen LogP contribution in [0.15, 0.2) is 59.8 Å². The van der Waals surface area contributed by atoms with Gasteiger partial charge in [0.2, 0.25) is 5.91 Å². The number of fused-ring (bicyclic) bond motifs is 1. The number of hydrogen-bond acceptors (Lipinski definition) is 4. The molecule has 0 saturated carbocycles. The molecule has 1 fully saturated rings. The number of aromatic nitrogens is 1. The maximum absolute atomic E-state index is 12.6. The van der Waals surface area contributed by atoms with Gasteiger partial charge in [0.1, 0.15) is 11.4 Å². The van der Waals surface area contributed by atoms with Crippen molar-refractivity contribution in [3.8, 4) is 5.75 Å². The van der Waals surface area contributed by atoms with Crippen molar-refractivity contribution in [1.29, 1.82) is 0 Å². The quantitative estimate of drug-likeness (QED) is 0.769. The molecule has 4 nitrogen and oxygen atoms in total. The van der Waals surface area contributed by atoms with E-state index >= 15 is 0 Å². The van der Waals surface area contributed by atoms with E-state index in [1.54, 1.807) is 24.2 Å². The Bertz CT molecular complexity index is 809. The van der Waals surface area contributed by atoms with Crippen molar-refractivity contribution in [3.05, 3.63) is 60.4 Å². The molecule has 5 heteroatoms. The Kier molecular flexibility index (Phi) is 4.98. The van der Waals surface area contributed by atoms with Crippen LogP contribution in [-0.2, 0) is 4.79 Å². The van der Waals surface area contributed by atoms with E-state index in [0.717, 1.165) is 48.6 Å². The second-order valence-electron chi connectivity index (χ2n) is 6.74. The second kappa shape index (κ2) is 7.54. The van der Waals surface area contributed by atoms with Crippen LogP contribution < -0.4 is 4.74 Å². The molecule has 2 aromatic rings. The van der Waals surface area contributed by atoms with Crippen LogP contribution in [0.5, 0.6) is 5.75 Å². The largest absolute Gasteiger partial charge is 0.483 e. The van der Waals surface area contributed by atoms with Gasteiger partial charge in [0.25, 0.3) is 0 Å². The van der Waals surface area contributed by atoms with E-state index in [1.807, 2.05) is 35.2 Å². The number of amides is 1. The fourth-order valence-corrected chi connectivity index (χ4v) is 4.31. The molecule has 1 saturated heterocycles. The molecule has 3 heterocycles. The number of rotatable bonds is 3. The molecule has 1 aromatic carbocycles. The van der Waals surface area contributed by atoms with Gasteiger partial charge in [-0.05, 0) is 37.1 Å². The number of para-hydroxylation sites is 1. The van der Waals surface area contributed by atoms with Gasteiger partial charge in [-0.25, -0.2) is 0 Å². The number of hydrogen-bond donors (Lipinski definition) is 0. The lowest BCUT2D eigenvalue weighted by Crippen LogP contribution is -2.38. The van der Waals surface area contributed by atoms with E-state index in [0.29, 0.717) is 5.75 Å². The number of thioether (sulfide) groups is 1. The lowest BCUT2D eigenvalue weighted by atomic mass is 9.91. The molecule has 0 radical (unpaired) electrons. The van der Waals surface area contributed by atoms with Crippen LogP contribution in [0.25, 0.3) is 6.08 Å². The summed E-state index contributed by atoms with van der Waals surface area (Å²) in [7, 11) is 0. The Balaban J connectivity index is 1.37. The van der Waals surface area contributed by atoms with Gasteiger partial charge in [-0.2, -0.15) is 0 Å². The zero-order chi connectivity index (χ0) is 17.8. The summed E-state index contributed by atoms with van der Waals surface area (Å²) in [5.74, 6) is 1.61. The predicted octanol–water partition coefficient (Wildman–Crippen LogP) is 4.03. The van der Waals surface area contributed by atoms with E-state index in [2.05, 4.69) is 23.2 Å². The fraction of sp³-hybridized carbons (Fsp3) is 0.333. The van der Waals surface area contributed by atoms with Crippen molar-refractivity contribution in [3.63, 3.8) is 0 Å². The summed E-state index contributed by atoms with van der Waals surface area (Å²) in [5.41, 5.74) is 0.853. The molecule has 26 heavy (non-hydrogen) atoms. The van der Waals surface area contributed by atoms with Gasteiger partial charge in [0, 0.05) is 42.4 Å². The van der Waals surface area contributed by atoms with Gasteiger partial charge in [-0.3, -0.25) is 9.78 Å². The van der Waals surface area contributed by atoms with E-state index in [1.165, 1.54) is 0 Å². The van der Waals surface area contributed by atoms with Crippen molar-refractivity contribution in [1.82, 2.24) is 9.88 Å². The minimum absolute atomic E-state index is 0.198. The van der Waals surface area contributed by atoms with Gasteiger partial charge in [0.05, 0.1) is 5.75 Å². The normalized spacial score (nSPS) is 21.8. The third-order valence-corrected chi connectivity index (χ3v) is 5.99. The van der Waals surface area contributed by atoms with Crippen LogP contribution in [-0.4, -0.2) is 40.2 Å². The lowest BCUT2D eigenvalue weighted by molar-refractivity contribution is -0.128. The van der Waals surface area contributed by atoms with Crippen molar-refractivity contribution in [2.24, 2.45) is 0 Å². The molecule has 1 atom stereocenters. The Hall–Kier alpha value is -2.27. The lowest BCUT2D eigenvalue weighted by Gasteiger charge is -2.34. The Morgan fingerprint density at radius 2 is 2.00 bits per heavy atom. The van der Waals surface area contributed by atoms with Crippen molar-refractivity contribution in [2.75, 3.05) is 18.8 Å². The van der Waals surface area contributed by atoms with Crippen LogP contribution >= 0.6 is 11.8 Å². The van der Waals surface area contributed by atoms with Crippen molar-refractivity contribution < 1.29 is 9.53 Å². The molecule has 2 aliphatic rings. The van der Waals surface area contributed by atoms with Crippen LogP contribution in [0.3, 0.4) is 0 Å². The van der Waals surface area contributed by atoms with Gasteiger partial charge in [-0.15, -0.1) is 11.8 Å². The molecule has 134 valence electrons. The maximum Gasteiger partial charge on any atom is 0.232 e. The van der Waals surface area contributed by atoms with Gasteiger partial charge in [-0.1, -0.05) is 24.3 Å². The monoisotopic (exact) mass is 366 g/mol. The first kappa shape index (κ1) is 17.2. The average molecular weight is 366 g/mol. The van der Waals surface area contributed by atoms with Crippen LogP contribution in [0.4, 0.5) is 0 Å². The molecule has 0 aliphatic carbocycles. The summed E-state index contributed by atoms with van der Waals surface area (Å²) in [4.78, 5) is 19.7. The third-order valence-electron chi connectivity index (χ3n) is 5.00. The minimum atomic E-state index is -0.276. The number of ether oxygens (including phenoxy) is 1. The first-order chi connectivity index (χ1) is 12.7. The number of likely N-dealkylation sites (tertiary alicyclic amines) is 1. The van der Waals surface area contributed by atoms with Gasteiger partial charge in [0.15, 0.2) is 0 Å². The maximum atomic E-state index is 12.6. The highest BCUT2D eigenvalue weighted by molar-refractivity contribution is 8.00. The van der Waals surface area contributed by atoms with E-state index < -0.39 is 0 Å². The molecular formula is C21H22N2O2S. The molecule has 1 amide bonds. The summed E-state index contributed by atoms with van der Waals surface area (Å²) in [6.07, 6.45) is 10.6. The first-order valence-electron chi connectivity index (χ1n) is 9.02. The summed E-state index contributed by atoms with van der Waals surface area (Å²) < 4.78 is 6.36. The molecule has 2 aliphatic heterocycles. The summed E-state index contributed by atoms with van der Waals surface area (Å²) >= 11 is 1.57. The van der Waals surface area contributed by atoms with Gasteiger partial charge < -0.3 is 9.64 Å². The Morgan fingerprint density at radius 3 is 2.88 bits per heavy atom. The third kappa shape index (κ3) is 3.78. The minimum Gasteiger partial charge on any atom is -0.483 e. The predicted molar refractivity (Wildman–Crippen MR) is 104 cm³/mol. The molecule has 1 aromatic heterocycles. The molecule has 0 bridgehead atoms. The Labute approximate surface area is 158 Å². The smallest absolute Gasteiger partial charge is 0.232 e. The summed E-state index contributed by atoms with van der Waals surface area (Å²) in [5, 5.41) is 0. The van der Waals surface area contributed by atoms with Crippen LogP contribution in [0.2, 0.25) is 0 Å². The van der Waals surface area contributed by atoms with Gasteiger partial charge >= 0.3 is 0 Å². The molecule has 4 rings (SSSR count). The number of pyridine rings is 1. The van der Waals surface area contributed by atoms with Crippen molar-refractivity contribution >= 4 is 23.7 Å². The highest BCUT2D eigenvalue weighted by atomic mass is 32.2. The zero-order valence-corrected chi connectivity index (χ0v) is 15.5. The standard InChI is InChI=1S/C21H22N2O2S/c24-20(16-26-18-7-12-22-13-8-18)23-14-3-9-21(11-15-23)10-6-17-4-1-2-5-19(17)25-21/h1-2,4-8,10,12-13H,3,9,11,14-16H2/t21-/m0/s1. The fourth-order valence-electron chi connectivity index (χ4n) is 3.52. The highest BCUT2D eigenvalue weighted by Crippen LogP contribution is 2.37. The van der Waals surface area contributed by atoms with E-state index in [4.69, 9.17) is 4.74 Å². The highest BCUT2D eigenvalue weighted by Gasteiger charge is 2.35. The Morgan fingerprint density at radius 1 is 1.15 bits per heavy atom. The average Bonchev–Trinajstić information content (AvgIpc) is 2.89. The zero-order valence-electron chi connectivity index (χ0n) is 14.6. The molecule has 1 spiro atoms. The molecule has 0 N–H and O–H groups in total. The topological polar surface area (TPSA) is 42.4 Å². The summed E-state index contributed by atoms with van der Waals surface area (Å²) in [6, 6.07) is 12.0. The number of carbonyl (C=O) groups is 1.